The Morgan fingerprint density at radius 1 is 0.686 bits per heavy atom. The van der Waals surface area contributed by atoms with Gasteiger partial charge in [-0.1, -0.05) is 105 Å². The third-order valence-electron chi connectivity index (χ3n) is 6.74. The summed E-state index contributed by atoms with van der Waals surface area (Å²) in [5.74, 6) is 0.358. The Labute approximate surface area is 210 Å². The first-order valence-corrected chi connectivity index (χ1v) is 12.9. The van der Waals surface area contributed by atoms with Gasteiger partial charge < -0.3 is 14.2 Å². The van der Waals surface area contributed by atoms with Crippen LogP contribution < -0.4 is 0 Å². The van der Waals surface area contributed by atoms with Crippen LogP contribution in [0.1, 0.15) is 37.0 Å². The number of piperidine rings is 1. The van der Waals surface area contributed by atoms with Gasteiger partial charge in [-0.05, 0) is 35.6 Å². The molecule has 4 heteroatoms. The number of nitrogens with zero attached hydrogens (tertiary/aromatic N) is 1. The minimum Gasteiger partial charge on any atom is -0.375 e. The number of hydrogen-bond donors (Lipinski definition) is 0. The molecule has 0 spiro atoms. The molecular formula is C31H39NO3. The first kappa shape index (κ1) is 25.6. The second kappa shape index (κ2) is 13.6. The summed E-state index contributed by atoms with van der Waals surface area (Å²) in [6, 6.07) is 31.4. The first-order valence-electron chi connectivity index (χ1n) is 12.9. The monoisotopic (exact) mass is 473 g/mol. The van der Waals surface area contributed by atoms with Crippen molar-refractivity contribution in [1.29, 1.82) is 0 Å². The van der Waals surface area contributed by atoms with Gasteiger partial charge in [0.1, 0.15) is 6.10 Å². The van der Waals surface area contributed by atoms with Crippen LogP contribution in [0.15, 0.2) is 91.0 Å². The standard InChI is InChI=1S/C31H39NO3/c1-3-19-32-20-25(2)30(34-22-27-15-9-5-10-16-27)31(35-23-28-17-11-6-12-18-28)29(32)24-33-21-26-13-7-4-8-14-26/h4-18,25,29-31H,3,19-24H2,1-2H3. The van der Waals surface area contributed by atoms with Crippen LogP contribution in [-0.2, 0) is 34.0 Å². The Kier molecular flexibility index (Phi) is 9.91. The van der Waals surface area contributed by atoms with Gasteiger partial charge in [0.05, 0.1) is 38.6 Å². The second-order valence-corrected chi connectivity index (χ2v) is 9.56. The summed E-state index contributed by atoms with van der Waals surface area (Å²) in [5, 5.41) is 0. The van der Waals surface area contributed by atoms with E-state index in [1.54, 1.807) is 0 Å². The Balaban J connectivity index is 1.51. The summed E-state index contributed by atoms with van der Waals surface area (Å²) in [4.78, 5) is 2.55. The topological polar surface area (TPSA) is 30.9 Å². The molecule has 4 atom stereocenters. The molecular weight excluding hydrogens is 434 g/mol. The van der Waals surface area contributed by atoms with Gasteiger partial charge >= 0.3 is 0 Å². The van der Waals surface area contributed by atoms with E-state index in [-0.39, 0.29) is 18.2 Å². The molecule has 0 N–H and O–H groups in total. The molecule has 1 fully saturated rings. The molecule has 0 amide bonds. The highest BCUT2D eigenvalue weighted by Crippen LogP contribution is 2.30. The molecule has 3 aromatic carbocycles. The highest BCUT2D eigenvalue weighted by Gasteiger charge is 2.43. The fourth-order valence-electron chi connectivity index (χ4n) is 4.97. The molecule has 4 unspecified atom stereocenters. The van der Waals surface area contributed by atoms with E-state index in [1.165, 1.54) is 16.7 Å². The van der Waals surface area contributed by atoms with Crippen LogP contribution in [0.3, 0.4) is 0 Å². The largest absolute Gasteiger partial charge is 0.375 e. The summed E-state index contributed by atoms with van der Waals surface area (Å²) >= 11 is 0. The maximum absolute atomic E-state index is 6.69. The van der Waals surface area contributed by atoms with Crippen LogP contribution in [0.4, 0.5) is 0 Å². The Hall–Kier alpha value is -2.50. The van der Waals surface area contributed by atoms with E-state index in [1.807, 2.05) is 18.2 Å². The third kappa shape index (κ3) is 7.49. The zero-order chi connectivity index (χ0) is 24.3. The number of ether oxygens (including phenoxy) is 3. The van der Waals surface area contributed by atoms with Crippen molar-refractivity contribution in [2.24, 2.45) is 5.92 Å². The highest BCUT2D eigenvalue weighted by molar-refractivity contribution is 5.15. The summed E-state index contributed by atoms with van der Waals surface area (Å²) in [5.41, 5.74) is 3.56. The van der Waals surface area contributed by atoms with Crippen molar-refractivity contribution in [2.75, 3.05) is 19.7 Å². The number of likely N-dealkylation sites (tertiary alicyclic amines) is 1. The fourth-order valence-corrected chi connectivity index (χ4v) is 4.97. The van der Waals surface area contributed by atoms with Crippen molar-refractivity contribution in [3.8, 4) is 0 Å². The SMILES string of the molecule is CCCN1CC(C)C(OCc2ccccc2)C(OCc2ccccc2)C1COCc1ccccc1. The molecule has 0 radical (unpaired) electrons. The lowest BCUT2D eigenvalue weighted by atomic mass is 9.87. The van der Waals surface area contributed by atoms with Crippen molar-refractivity contribution >= 4 is 0 Å². The van der Waals surface area contributed by atoms with Gasteiger partial charge in [0.15, 0.2) is 0 Å². The van der Waals surface area contributed by atoms with Gasteiger partial charge in [-0.2, -0.15) is 0 Å². The van der Waals surface area contributed by atoms with Gasteiger partial charge in [-0.3, -0.25) is 4.90 Å². The molecule has 0 bridgehead atoms. The first-order chi connectivity index (χ1) is 17.2. The summed E-state index contributed by atoms with van der Waals surface area (Å²) < 4.78 is 19.6. The van der Waals surface area contributed by atoms with Gasteiger partial charge in [0.25, 0.3) is 0 Å². The molecule has 1 aliphatic rings. The van der Waals surface area contributed by atoms with E-state index in [2.05, 4.69) is 91.5 Å². The number of rotatable bonds is 12. The molecule has 35 heavy (non-hydrogen) atoms. The Morgan fingerprint density at radius 3 is 1.69 bits per heavy atom. The minimum atomic E-state index is -0.0787. The van der Waals surface area contributed by atoms with E-state index in [4.69, 9.17) is 14.2 Å². The molecule has 0 aliphatic carbocycles. The summed E-state index contributed by atoms with van der Waals surface area (Å²) in [7, 11) is 0. The third-order valence-corrected chi connectivity index (χ3v) is 6.74. The lowest BCUT2D eigenvalue weighted by Crippen LogP contribution is -2.61. The lowest BCUT2D eigenvalue weighted by molar-refractivity contribution is -0.176. The van der Waals surface area contributed by atoms with E-state index in [9.17, 15) is 0 Å². The van der Waals surface area contributed by atoms with Gasteiger partial charge in [-0.15, -0.1) is 0 Å². The van der Waals surface area contributed by atoms with Crippen LogP contribution in [0.25, 0.3) is 0 Å². The summed E-state index contributed by atoms with van der Waals surface area (Å²) in [6.45, 7) is 8.92. The predicted molar refractivity (Wildman–Crippen MR) is 141 cm³/mol. The maximum Gasteiger partial charge on any atom is 0.102 e. The van der Waals surface area contributed by atoms with E-state index < -0.39 is 0 Å². The van der Waals surface area contributed by atoms with E-state index in [0.717, 1.165) is 19.5 Å². The molecule has 0 saturated carbocycles. The van der Waals surface area contributed by atoms with Crippen molar-refractivity contribution in [1.82, 2.24) is 4.90 Å². The van der Waals surface area contributed by atoms with E-state index >= 15 is 0 Å². The molecule has 1 aliphatic heterocycles. The van der Waals surface area contributed by atoms with Crippen LogP contribution in [0.5, 0.6) is 0 Å². The summed E-state index contributed by atoms with van der Waals surface area (Å²) in [6.07, 6.45) is 1.02. The minimum absolute atomic E-state index is 0.00245. The zero-order valence-electron chi connectivity index (χ0n) is 21.1. The lowest BCUT2D eigenvalue weighted by Gasteiger charge is -2.48. The van der Waals surface area contributed by atoms with Gasteiger partial charge in [0, 0.05) is 6.54 Å². The molecule has 186 valence electrons. The molecule has 4 rings (SSSR count). The maximum atomic E-state index is 6.69. The molecule has 4 nitrogen and oxygen atoms in total. The zero-order valence-corrected chi connectivity index (χ0v) is 21.1. The van der Waals surface area contributed by atoms with Crippen molar-refractivity contribution in [3.05, 3.63) is 108 Å². The smallest absolute Gasteiger partial charge is 0.102 e. The van der Waals surface area contributed by atoms with Crippen LogP contribution in [0, 0.1) is 5.92 Å². The van der Waals surface area contributed by atoms with Gasteiger partial charge in [-0.25, -0.2) is 0 Å². The van der Waals surface area contributed by atoms with Crippen molar-refractivity contribution in [2.45, 2.75) is 58.3 Å². The van der Waals surface area contributed by atoms with Crippen LogP contribution in [0.2, 0.25) is 0 Å². The molecule has 3 aromatic rings. The highest BCUT2D eigenvalue weighted by atomic mass is 16.5. The predicted octanol–water partition coefficient (Wildman–Crippen LogP) is 6.10. The number of benzene rings is 3. The fraction of sp³-hybridized carbons (Fsp3) is 0.419. The van der Waals surface area contributed by atoms with Crippen LogP contribution >= 0.6 is 0 Å². The van der Waals surface area contributed by atoms with Gasteiger partial charge in [0.2, 0.25) is 0 Å². The quantitative estimate of drug-likeness (QED) is 0.318. The van der Waals surface area contributed by atoms with Crippen molar-refractivity contribution < 1.29 is 14.2 Å². The molecule has 1 saturated heterocycles. The average Bonchev–Trinajstić information content (AvgIpc) is 2.90. The number of hydrogen-bond acceptors (Lipinski definition) is 4. The van der Waals surface area contributed by atoms with Crippen molar-refractivity contribution in [3.63, 3.8) is 0 Å². The normalized spacial score (nSPS) is 22.8. The molecule has 1 heterocycles. The van der Waals surface area contributed by atoms with Crippen LogP contribution in [-0.4, -0.2) is 42.8 Å². The van der Waals surface area contributed by atoms with E-state index in [0.29, 0.717) is 32.3 Å². The Bertz CT molecular complexity index is 966. The Morgan fingerprint density at radius 2 is 1.17 bits per heavy atom. The molecule has 0 aromatic heterocycles. The second-order valence-electron chi connectivity index (χ2n) is 9.56. The average molecular weight is 474 g/mol.